The van der Waals surface area contributed by atoms with Crippen LogP contribution in [0.2, 0.25) is 0 Å². The number of aromatic hydroxyl groups is 1. The molecule has 0 atom stereocenters. The molecule has 0 spiro atoms. The van der Waals surface area contributed by atoms with E-state index in [2.05, 4.69) is 25.6 Å². The lowest BCUT2D eigenvalue weighted by atomic mass is 9.98. The fourth-order valence-corrected chi connectivity index (χ4v) is 5.29. The molecule has 4 aromatic rings. The summed E-state index contributed by atoms with van der Waals surface area (Å²) in [5.74, 6) is -1.56. The monoisotopic (exact) mass is 612 g/mol. The number of carbonyl (C=O) groups is 3. The summed E-state index contributed by atoms with van der Waals surface area (Å²) in [6.07, 6.45) is 0. The minimum atomic E-state index is -1.05. The van der Waals surface area contributed by atoms with Crippen LogP contribution in [0.4, 0.5) is 5.69 Å². The number of nitrogens with zero attached hydrogens (tertiary/aromatic N) is 3. The number of piperazine rings is 1. The first-order chi connectivity index (χ1) is 21.7. The first-order valence-electron chi connectivity index (χ1n) is 14.6. The van der Waals surface area contributed by atoms with Crippen molar-refractivity contribution in [3.8, 4) is 5.88 Å². The van der Waals surface area contributed by atoms with Crippen molar-refractivity contribution in [1.82, 2.24) is 25.6 Å². The maximum absolute atomic E-state index is 12.7. The number of aromatic carboxylic acids is 1. The van der Waals surface area contributed by atoms with Crippen molar-refractivity contribution in [2.75, 3.05) is 52.9 Å². The van der Waals surface area contributed by atoms with E-state index in [1.165, 1.54) is 6.07 Å². The maximum atomic E-state index is 12.7. The molecule has 2 amide bonds. The summed E-state index contributed by atoms with van der Waals surface area (Å²) in [7, 11) is 1.63. The lowest BCUT2D eigenvalue weighted by Gasteiger charge is -2.33. The molecule has 0 aliphatic carbocycles. The van der Waals surface area contributed by atoms with Crippen LogP contribution in [-0.4, -0.2) is 101 Å². The smallest absolute Gasteiger partial charge is 0.336 e. The van der Waals surface area contributed by atoms with E-state index in [4.69, 9.17) is 9.83 Å². The average molecular weight is 613 g/mol. The third-order valence-electron chi connectivity index (χ3n) is 7.79. The van der Waals surface area contributed by atoms with E-state index in [1.54, 1.807) is 44.3 Å². The zero-order valence-electron chi connectivity index (χ0n) is 25.2. The number of aliphatic imine (C=N–C) groups is 1. The van der Waals surface area contributed by atoms with Gasteiger partial charge in [0.1, 0.15) is 0 Å². The van der Waals surface area contributed by atoms with E-state index in [0.29, 0.717) is 58.7 Å². The molecular formula is C33H36N6O6. The highest BCUT2D eigenvalue weighted by molar-refractivity contribution is 6.22. The van der Waals surface area contributed by atoms with Gasteiger partial charge in [0.05, 0.1) is 35.7 Å². The number of rotatable bonds is 11. The van der Waals surface area contributed by atoms with Crippen molar-refractivity contribution in [3.05, 3.63) is 94.5 Å². The molecule has 0 saturated carbocycles. The van der Waals surface area contributed by atoms with Crippen molar-refractivity contribution in [3.63, 3.8) is 0 Å². The van der Waals surface area contributed by atoms with E-state index in [1.807, 2.05) is 30.3 Å². The number of nitrogens with one attached hydrogen (secondary N) is 3. The fourth-order valence-electron chi connectivity index (χ4n) is 5.29. The number of carbonyl (C=O) groups excluding carboxylic acids is 2. The predicted molar refractivity (Wildman–Crippen MR) is 170 cm³/mol. The summed E-state index contributed by atoms with van der Waals surface area (Å²) in [4.78, 5) is 53.4. The summed E-state index contributed by atoms with van der Waals surface area (Å²) < 4.78 is 0. The van der Waals surface area contributed by atoms with Crippen LogP contribution in [0.5, 0.6) is 5.88 Å². The average Bonchev–Trinajstić information content (AvgIpc) is 3.36. The zero-order valence-corrected chi connectivity index (χ0v) is 25.2. The molecule has 5 N–H and O–H groups in total. The Balaban J connectivity index is 1.25. The maximum Gasteiger partial charge on any atom is 0.336 e. The second-order valence-corrected chi connectivity index (χ2v) is 10.8. The molecule has 1 fully saturated rings. The molecule has 12 heteroatoms. The highest BCUT2D eigenvalue weighted by atomic mass is 16.7. The molecule has 234 valence electrons. The lowest BCUT2D eigenvalue weighted by Crippen LogP contribution is -2.50. The third-order valence-corrected chi connectivity index (χ3v) is 7.79. The van der Waals surface area contributed by atoms with Gasteiger partial charge in [-0.3, -0.25) is 24.2 Å². The van der Waals surface area contributed by atoms with Crippen LogP contribution in [0.25, 0.3) is 10.9 Å². The Bertz CT molecular complexity index is 1710. The van der Waals surface area contributed by atoms with Crippen LogP contribution in [0, 0.1) is 6.92 Å². The van der Waals surface area contributed by atoms with Gasteiger partial charge < -0.3 is 20.5 Å². The Morgan fingerprint density at radius 2 is 1.64 bits per heavy atom. The molecule has 5 rings (SSSR count). The molecule has 1 saturated heterocycles. The number of amides is 2. The number of hydroxylamine groups is 1. The molecule has 1 aliphatic rings. The number of hydrogen-bond donors (Lipinski definition) is 5. The van der Waals surface area contributed by atoms with Gasteiger partial charge in [0.2, 0.25) is 5.91 Å². The molecule has 0 radical (unpaired) electrons. The van der Waals surface area contributed by atoms with Gasteiger partial charge in [0.25, 0.3) is 5.91 Å². The summed E-state index contributed by atoms with van der Waals surface area (Å²) >= 11 is 0. The van der Waals surface area contributed by atoms with E-state index in [-0.39, 0.29) is 23.3 Å². The molecule has 12 nitrogen and oxygen atoms in total. The number of benzene rings is 3. The summed E-state index contributed by atoms with van der Waals surface area (Å²) in [5, 5.41) is 23.8. The van der Waals surface area contributed by atoms with E-state index >= 15 is 0 Å². The van der Waals surface area contributed by atoms with Crippen molar-refractivity contribution in [1.29, 1.82) is 0 Å². The number of carboxylic acids is 1. The summed E-state index contributed by atoms with van der Waals surface area (Å²) in [6, 6.07) is 19.3. The highest BCUT2D eigenvalue weighted by Gasteiger charge is 2.21. The Kier molecular flexibility index (Phi) is 9.88. The van der Waals surface area contributed by atoms with Gasteiger partial charge in [0.15, 0.2) is 5.88 Å². The second-order valence-electron chi connectivity index (χ2n) is 10.8. The van der Waals surface area contributed by atoms with Gasteiger partial charge in [-0.1, -0.05) is 30.3 Å². The number of aryl methyl sites for hydroxylation is 1. The Hall–Kier alpha value is -5.04. The molecule has 0 unspecified atom stereocenters. The molecule has 1 aliphatic heterocycles. The van der Waals surface area contributed by atoms with Crippen LogP contribution in [-0.2, 0) is 9.63 Å². The minimum Gasteiger partial charge on any atom is -0.494 e. The normalized spacial score (nSPS) is 14.4. The Morgan fingerprint density at radius 1 is 0.956 bits per heavy atom. The zero-order chi connectivity index (χ0) is 31.9. The molecule has 45 heavy (non-hydrogen) atoms. The SMILES string of the molecule is CNC(=O)CN1CCN(CCONC(=O)c2ccc(N=C(c3ccccc3)c3c(O)[nH]c4cc(C(=O)O)c(C)cc34)cc2)CC1. The number of H-pyrrole nitrogens is 1. The number of carboxylic acid groups (broad SMARTS) is 1. The van der Waals surface area contributed by atoms with Crippen LogP contribution in [0.1, 0.15) is 37.4 Å². The number of aromatic nitrogens is 1. The van der Waals surface area contributed by atoms with Crippen LogP contribution >= 0.6 is 0 Å². The van der Waals surface area contributed by atoms with Gasteiger partial charge in [-0.25, -0.2) is 15.3 Å². The number of fused-ring (bicyclic) bond motifs is 1. The molecule has 1 aromatic heterocycles. The van der Waals surface area contributed by atoms with E-state index < -0.39 is 5.97 Å². The Labute approximate surface area is 260 Å². The van der Waals surface area contributed by atoms with Crippen LogP contribution in [0.3, 0.4) is 0 Å². The summed E-state index contributed by atoms with van der Waals surface area (Å²) in [5.41, 5.74) is 6.28. The Morgan fingerprint density at radius 3 is 2.31 bits per heavy atom. The second kappa shape index (κ2) is 14.2. The van der Waals surface area contributed by atoms with Gasteiger partial charge in [0, 0.05) is 61.8 Å². The standard InChI is InChI=1S/C33H36N6O6/c1-21-18-26-27(19-25(21)33(43)44)36-32(42)29(26)30(22-6-4-3-5-7-22)35-24-10-8-23(9-11-24)31(41)37-45-17-16-38-12-14-39(15-13-38)20-28(40)34-2/h3-11,18-19,36,42H,12-17,20H2,1-2H3,(H,34,40)(H,37,41)(H,43,44). The molecular weight excluding hydrogens is 576 g/mol. The third kappa shape index (κ3) is 7.55. The van der Waals surface area contributed by atoms with Gasteiger partial charge in [-0.15, -0.1) is 0 Å². The summed E-state index contributed by atoms with van der Waals surface area (Å²) in [6.45, 7) is 6.32. The fraction of sp³-hybridized carbons (Fsp3) is 0.273. The largest absolute Gasteiger partial charge is 0.494 e. The van der Waals surface area contributed by atoms with Gasteiger partial charge in [-0.05, 0) is 48.9 Å². The van der Waals surface area contributed by atoms with Crippen molar-refractivity contribution in [2.24, 2.45) is 4.99 Å². The van der Waals surface area contributed by atoms with E-state index in [9.17, 15) is 24.6 Å². The number of likely N-dealkylation sites (N-methyl/N-ethyl adjacent to an activating group) is 1. The number of hydrogen-bond acceptors (Lipinski definition) is 8. The van der Waals surface area contributed by atoms with Crippen molar-refractivity contribution >= 4 is 40.1 Å². The van der Waals surface area contributed by atoms with Crippen LogP contribution < -0.4 is 10.8 Å². The van der Waals surface area contributed by atoms with E-state index in [0.717, 1.165) is 31.7 Å². The van der Waals surface area contributed by atoms with Crippen molar-refractivity contribution in [2.45, 2.75) is 6.92 Å². The topological polar surface area (TPSA) is 160 Å². The number of aromatic amines is 1. The predicted octanol–water partition coefficient (Wildman–Crippen LogP) is 3.07. The lowest BCUT2D eigenvalue weighted by molar-refractivity contribution is -0.122. The van der Waals surface area contributed by atoms with Gasteiger partial charge in [-0.2, -0.15) is 0 Å². The molecule has 2 heterocycles. The van der Waals surface area contributed by atoms with Crippen molar-refractivity contribution < 1.29 is 29.4 Å². The van der Waals surface area contributed by atoms with Gasteiger partial charge >= 0.3 is 5.97 Å². The molecule has 0 bridgehead atoms. The molecule has 3 aromatic carbocycles. The quantitative estimate of drug-likeness (QED) is 0.0982. The highest BCUT2D eigenvalue weighted by Crippen LogP contribution is 2.33. The first-order valence-corrected chi connectivity index (χ1v) is 14.6. The minimum absolute atomic E-state index is 0.00670. The first kappa shape index (κ1) is 31.4. The van der Waals surface area contributed by atoms with Crippen LogP contribution in [0.15, 0.2) is 71.7 Å².